The summed E-state index contributed by atoms with van der Waals surface area (Å²) in [6, 6.07) is -1.15. The molecule has 0 saturated carbocycles. The van der Waals surface area contributed by atoms with Gasteiger partial charge in [0.25, 0.3) is 21.6 Å². The van der Waals surface area contributed by atoms with Crippen LogP contribution in [0.4, 0.5) is 0 Å². The molecule has 3 aliphatic rings. The number of nitrogens with one attached hydrogen (secondary N) is 2. The maximum atomic E-state index is 11.8. The van der Waals surface area contributed by atoms with Crippen molar-refractivity contribution in [2.75, 3.05) is 6.61 Å². The van der Waals surface area contributed by atoms with E-state index in [1.807, 2.05) is 0 Å². The number of hydrogen-bond donors (Lipinski definition) is 6. The molecule has 1 saturated heterocycles. The summed E-state index contributed by atoms with van der Waals surface area (Å²) in [5.41, 5.74) is 0. The van der Waals surface area contributed by atoms with Crippen molar-refractivity contribution in [3.63, 3.8) is 0 Å². The van der Waals surface area contributed by atoms with Gasteiger partial charge in [0.2, 0.25) is 5.96 Å². The van der Waals surface area contributed by atoms with Gasteiger partial charge in [0.15, 0.2) is 18.1 Å². The van der Waals surface area contributed by atoms with Crippen LogP contribution in [0, 0.1) is 5.41 Å². The minimum Gasteiger partial charge on any atom is -0.756 e. The fraction of sp³-hybridized carbons (Fsp3) is 0.600. The molecule has 4 unspecified atom stereocenters. The van der Waals surface area contributed by atoms with Crippen molar-refractivity contribution in [2.24, 2.45) is 9.98 Å². The summed E-state index contributed by atoms with van der Waals surface area (Å²) >= 11 is 0. The maximum Gasteiger partial charge on any atom is 0.485 e. The van der Waals surface area contributed by atoms with Crippen LogP contribution in [-0.4, -0.2) is 145 Å². The van der Waals surface area contributed by atoms with Crippen molar-refractivity contribution < 1.29 is 66.2 Å². The van der Waals surface area contributed by atoms with Gasteiger partial charge in [-0.15, -0.1) is 0 Å². The second-order valence-corrected chi connectivity index (χ2v) is 10.6. The van der Waals surface area contributed by atoms with Crippen LogP contribution in [0.2, 0.25) is 0 Å². The first-order valence-electron chi connectivity index (χ1n) is 8.15. The Morgan fingerprint density at radius 3 is 2.38 bits per heavy atom. The number of fused-ring (bicyclic) bond motifs is 1. The Labute approximate surface area is 234 Å². The zero-order chi connectivity index (χ0) is 24.1. The molecule has 1 fully saturated rings. The molecule has 182 valence electrons. The number of nitrogens with zero attached hydrogens (tertiary/aromatic N) is 3. The number of aliphatic imine (C=N–C) groups is 2. The second kappa shape index (κ2) is 12.0. The van der Waals surface area contributed by atoms with Crippen LogP contribution in [0.5, 0.6) is 0 Å². The van der Waals surface area contributed by atoms with Gasteiger partial charge in [-0.3, -0.25) is 34.5 Å². The maximum absolute atomic E-state index is 11.8. The Bertz CT molecular complexity index is 1020. The third-order valence-corrected chi connectivity index (χ3v) is 7.73. The Hall–Kier alpha value is 0.570. The minimum atomic E-state index is -5.86. The molecule has 24 heteroatoms. The molecule has 6 N–H and O–H groups in total. The van der Waals surface area contributed by atoms with Crippen molar-refractivity contribution in [2.45, 2.75) is 30.6 Å². The number of aliphatic hydroxyl groups excluding tert-OH is 2. The predicted octanol–water partition coefficient (Wildman–Crippen LogP) is -5.07. The smallest absolute Gasteiger partial charge is 0.485 e. The minimum absolute atomic E-state index is 0. The van der Waals surface area contributed by atoms with Crippen LogP contribution in [-0.2, 0) is 36.4 Å². The normalized spacial score (nSPS) is 33.4. The monoisotopic (exact) mass is 567 g/mol. The van der Waals surface area contributed by atoms with Crippen LogP contribution in [0.25, 0.3) is 0 Å². The van der Waals surface area contributed by atoms with Gasteiger partial charge in [0.05, 0.1) is 12.9 Å². The summed E-state index contributed by atoms with van der Waals surface area (Å²) in [7, 11) is -17.5. The third-order valence-electron chi connectivity index (χ3n) is 3.98. The van der Waals surface area contributed by atoms with Crippen LogP contribution in [0.3, 0.4) is 0 Å². The van der Waals surface area contributed by atoms with E-state index in [4.69, 9.17) is 19.9 Å². The van der Waals surface area contributed by atoms with Crippen LogP contribution < -0.4 is 15.1 Å². The van der Waals surface area contributed by atoms with Gasteiger partial charge >= 0.3 is 7.82 Å². The van der Waals surface area contributed by atoms with Crippen molar-refractivity contribution in [3.05, 3.63) is 0 Å². The molecule has 1 amide bonds. The van der Waals surface area contributed by atoms with E-state index >= 15 is 0 Å². The largest absolute Gasteiger partial charge is 0.756 e. The van der Waals surface area contributed by atoms with E-state index in [1.165, 1.54) is 0 Å². The van der Waals surface area contributed by atoms with E-state index < -0.39 is 72.5 Å². The Kier molecular flexibility index (Phi) is 11.5. The van der Waals surface area contributed by atoms with E-state index in [1.54, 1.807) is 0 Å². The third kappa shape index (κ3) is 8.03. The number of ether oxygens (including phenoxy) is 1. The van der Waals surface area contributed by atoms with Gasteiger partial charge in [-0.2, -0.15) is 4.99 Å². The molecule has 0 aliphatic carbocycles. The summed E-state index contributed by atoms with van der Waals surface area (Å²) in [6.07, 6.45) is -5.52. The number of amides is 1. The van der Waals surface area contributed by atoms with Gasteiger partial charge in [0.1, 0.15) is 18.3 Å². The molecule has 34 heavy (non-hydrogen) atoms. The van der Waals surface area contributed by atoms with E-state index in [2.05, 4.69) is 28.4 Å². The number of phosphoric ester groups is 1. The molecule has 0 aromatic heterocycles. The van der Waals surface area contributed by atoms with Gasteiger partial charge in [0, 0.05) is 59.1 Å². The SMILES string of the molecule is N=C1N=C2C(N=CN2[C@@H]2O[C@H](COP(=O)([O-])OP(=O)(O)OP(=O)([O-])O)[C@@H](O)[C@H]2O)C(=O)N1.[Na].[Na]. The molecule has 0 spiro atoms. The summed E-state index contributed by atoms with van der Waals surface area (Å²) in [4.78, 5) is 60.0. The molecule has 0 bridgehead atoms. The number of aliphatic hydroxyl groups is 2. The van der Waals surface area contributed by atoms with Gasteiger partial charge in [-0.05, 0) is 0 Å². The number of carbonyl (C=O) groups is 1. The first-order valence-corrected chi connectivity index (χ1v) is 12.6. The van der Waals surface area contributed by atoms with Gasteiger partial charge in [-0.1, -0.05) is 0 Å². The van der Waals surface area contributed by atoms with Crippen molar-refractivity contribution >= 4 is 107 Å². The van der Waals surface area contributed by atoms with Crippen LogP contribution in [0.15, 0.2) is 9.98 Å². The summed E-state index contributed by atoms with van der Waals surface area (Å²) < 4.78 is 49.7. The molecule has 3 heterocycles. The summed E-state index contributed by atoms with van der Waals surface area (Å²) in [6.45, 7) is -1.10. The topological polar surface area (TPSA) is 296 Å². The van der Waals surface area contributed by atoms with Gasteiger partial charge in [-0.25, -0.2) is 13.2 Å². The number of rotatable bonds is 8. The standard InChI is InChI=1S/C10H16N5O14P3.2Na/c11-10-13-7-4(8(18)14-10)12-2-15(7)9-6(17)5(16)3(27-9)1-26-31(22,23)29-32(24,25)28-30(19,20)21;;/h2-6,9,16-17H,1H2,(H,22,23)(H,24,25)(H2,11,14,18)(H2,19,20,21);;/p-2/t3-,4?,5-,6-,9-;;/m1../s1. The van der Waals surface area contributed by atoms with E-state index in [9.17, 15) is 38.5 Å². The zero-order valence-electron chi connectivity index (χ0n) is 17.2. The van der Waals surface area contributed by atoms with E-state index in [0.29, 0.717) is 0 Å². The van der Waals surface area contributed by atoms with E-state index in [-0.39, 0.29) is 65.0 Å². The van der Waals surface area contributed by atoms with Crippen molar-refractivity contribution in [1.82, 2.24) is 10.2 Å². The zero-order valence-corrected chi connectivity index (χ0v) is 23.9. The Morgan fingerprint density at radius 2 is 1.79 bits per heavy atom. The van der Waals surface area contributed by atoms with Crippen LogP contribution >= 0.6 is 23.5 Å². The second-order valence-electron chi connectivity index (χ2n) is 6.27. The summed E-state index contributed by atoms with van der Waals surface area (Å²) in [5.74, 6) is -1.31. The molecule has 3 rings (SSSR count). The molecule has 2 radical (unpaired) electrons. The summed E-state index contributed by atoms with van der Waals surface area (Å²) in [5, 5.41) is 29.9. The molecule has 19 nitrogen and oxygen atoms in total. The number of amidine groups is 1. The number of carbonyl (C=O) groups excluding carboxylic acids is 1. The number of hydrogen-bond acceptors (Lipinski definition) is 15. The molecule has 0 aromatic rings. The number of phosphoric acid groups is 3. The average molecular weight is 567 g/mol. The first kappa shape index (κ1) is 32.6. The quantitative estimate of drug-likeness (QED) is 0.118. The molecule has 8 atom stereocenters. The molecular weight excluding hydrogens is 553 g/mol. The fourth-order valence-electron chi connectivity index (χ4n) is 2.79. The predicted molar refractivity (Wildman–Crippen MR) is 105 cm³/mol. The fourth-order valence-corrected chi connectivity index (χ4v) is 5.75. The van der Waals surface area contributed by atoms with Crippen molar-refractivity contribution in [1.29, 1.82) is 5.41 Å². The molecular formula is C10H14N5Na2O14P3-2. The number of guanidine groups is 1. The Balaban J connectivity index is 0.00000289. The van der Waals surface area contributed by atoms with Gasteiger partial charge < -0.3 is 39.0 Å². The molecule has 0 aromatic carbocycles. The Morgan fingerprint density at radius 1 is 1.18 bits per heavy atom. The van der Waals surface area contributed by atoms with E-state index in [0.717, 1.165) is 11.2 Å². The molecule has 3 aliphatic heterocycles. The van der Waals surface area contributed by atoms with Crippen molar-refractivity contribution in [3.8, 4) is 0 Å². The average Bonchev–Trinajstić information content (AvgIpc) is 3.12. The van der Waals surface area contributed by atoms with Crippen LogP contribution in [0.1, 0.15) is 0 Å². The first-order chi connectivity index (χ1) is 14.6.